The highest BCUT2D eigenvalue weighted by Crippen LogP contribution is 2.23. The number of furan rings is 1. The van der Waals surface area contributed by atoms with Gasteiger partial charge in [0.1, 0.15) is 11.4 Å². The van der Waals surface area contributed by atoms with Crippen LogP contribution in [0.3, 0.4) is 0 Å². The molecule has 1 aromatic rings. The Balaban J connectivity index is 1.74. The maximum Gasteiger partial charge on any atom is 0.407 e. The molecule has 2 rings (SSSR count). The Labute approximate surface area is 129 Å². The molecule has 2 atom stereocenters. The van der Waals surface area contributed by atoms with Crippen LogP contribution in [0, 0.1) is 0 Å². The molecule has 1 aliphatic rings. The fourth-order valence-corrected chi connectivity index (χ4v) is 2.36. The SMILES string of the molecule is CC(C)(C)OC(=O)NC1CC1NCc1ccc(S(N)(=O)=O)o1. The van der Waals surface area contributed by atoms with E-state index in [1.165, 1.54) is 6.07 Å². The molecule has 8 nitrogen and oxygen atoms in total. The van der Waals surface area contributed by atoms with Gasteiger partial charge in [-0.15, -0.1) is 0 Å². The van der Waals surface area contributed by atoms with Gasteiger partial charge in [0.25, 0.3) is 10.0 Å². The van der Waals surface area contributed by atoms with Crippen molar-refractivity contribution >= 4 is 16.1 Å². The highest BCUT2D eigenvalue weighted by atomic mass is 32.2. The van der Waals surface area contributed by atoms with Crippen LogP contribution >= 0.6 is 0 Å². The predicted molar refractivity (Wildman–Crippen MR) is 78.5 cm³/mol. The molecule has 1 saturated carbocycles. The van der Waals surface area contributed by atoms with Crippen LogP contribution in [0.2, 0.25) is 0 Å². The zero-order valence-electron chi connectivity index (χ0n) is 12.8. The molecular weight excluding hydrogens is 310 g/mol. The first-order valence-corrected chi connectivity index (χ1v) is 8.44. The highest BCUT2D eigenvalue weighted by molar-refractivity contribution is 7.89. The monoisotopic (exact) mass is 331 g/mol. The minimum atomic E-state index is -3.82. The number of nitrogens with two attached hydrogens (primary N) is 1. The molecule has 0 aliphatic heterocycles. The lowest BCUT2D eigenvalue weighted by atomic mass is 10.2. The van der Waals surface area contributed by atoms with Gasteiger partial charge in [-0.2, -0.15) is 0 Å². The fourth-order valence-electron chi connectivity index (χ4n) is 1.88. The number of hydrogen-bond donors (Lipinski definition) is 3. The maximum absolute atomic E-state index is 11.6. The van der Waals surface area contributed by atoms with Crippen molar-refractivity contribution in [2.24, 2.45) is 5.14 Å². The third-order valence-corrected chi connectivity index (χ3v) is 3.73. The topological polar surface area (TPSA) is 124 Å². The predicted octanol–water partition coefficient (Wildman–Crippen LogP) is 0.682. The Kier molecular flexibility index (Phi) is 4.50. The summed E-state index contributed by atoms with van der Waals surface area (Å²) in [6.07, 6.45) is 0.332. The third kappa shape index (κ3) is 5.00. The van der Waals surface area contributed by atoms with Crippen molar-refractivity contribution in [3.8, 4) is 0 Å². The van der Waals surface area contributed by atoms with E-state index in [2.05, 4.69) is 10.6 Å². The number of ether oxygens (including phenoxy) is 1. The van der Waals surface area contributed by atoms with Crippen LogP contribution in [0.5, 0.6) is 0 Å². The number of carbonyl (C=O) groups excluding carboxylic acids is 1. The van der Waals surface area contributed by atoms with Crippen molar-refractivity contribution in [3.05, 3.63) is 17.9 Å². The summed E-state index contributed by atoms with van der Waals surface area (Å²) in [5.74, 6) is 0.465. The maximum atomic E-state index is 11.6. The first kappa shape index (κ1) is 16.8. The second kappa shape index (κ2) is 5.90. The highest BCUT2D eigenvalue weighted by Gasteiger charge is 2.39. The number of amides is 1. The number of carbonyl (C=O) groups is 1. The molecule has 0 bridgehead atoms. The van der Waals surface area contributed by atoms with Gasteiger partial charge in [0, 0.05) is 12.1 Å². The number of alkyl carbamates (subject to hydrolysis) is 1. The van der Waals surface area contributed by atoms with E-state index in [1.54, 1.807) is 26.8 Å². The lowest BCUT2D eigenvalue weighted by molar-refractivity contribution is 0.0522. The minimum absolute atomic E-state index is 0.00234. The molecule has 4 N–H and O–H groups in total. The molecular formula is C13H21N3O5S. The summed E-state index contributed by atoms with van der Waals surface area (Å²) < 4.78 is 32.5. The summed E-state index contributed by atoms with van der Waals surface area (Å²) >= 11 is 0. The van der Waals surface area contributed by atoms with Crippen LogP contribution in [0.4, 0.5) is 4.79 Å². The Morgan fingerprint density at radius 3 is 2.64 bits per heavy atom. The van der Waals surface area contributed by atoms with Crippen LogP contribution in [0.25, 0.3) is 0 Å². The average Bonchev–Trinajstić information content (AvgIpc) is 2.86. The number of hydrogen-bond acceptors (Lipinski definition) is 6. The van der Waals surface area contributed by atoms with Crippen LogP contribution in [0.15, 0.2) is 21.6 Å². The molecule has 0 aromatic carbocycles. The van der Waals surface area contributed by atoms with Gasteiger partial charge in [-0.3, -0.25) is 0 Å². The summed E-state index contributed by atoms with van der Waals surface area (Å²) in [4.78, 5) is 11.6. The van der Waals surface area contributed by atoms with Gasteiger partial charge in [0.05, 0.1) is 6.54 Å². The molecule has 1 fully saturated rings. The van der Waals surface area contributed by atoms with E-state index in [9.17, 15) is 13.2 Å². The number of sulfonamides is 1. The van der Waals surface area contributed by atoms with Crippen LogP contribution in [-0.2, 0) is 21.3 Å². The largest absolute Gasteiger partial charge is 0.447 e. The van der Waals surface area contributed by atoms with Crippen LogP contribution in [-0.4, -0.2) is 32.2 Å². The van der Waals surface area contributed by atoms with Crippen molar-refractivity contribution in [3.63, 3.8) is 0 Å². The van der Waals surface area contributed by atoms with E-state index in [1.807, 2.05) is 0 Å². The molecule has 1 amide bonds. The molecule has 0 spiro atoms. The standard InChI is InChI=1S/C13H21N3O5S/c1-13(2,3)21-12(17)16-10-6-9(10)15-7-8-4-5-11(20-8)22(14,18)19/h4-5,9-10,15H,6-7H2,1-3H3,(H,16,17)(H2,14,18,19). The van der Waals surface area contributed by atoms with Gasteiger partial charge < -0.3 is 19.8 Å². The molecule has 9 heteroatoms. The molecule has 1 aliphatic carbocycles. The minimum Gasteiger partial charge on any atom is -0.447 e. The molecule has 2 unspecified atom stereocenters. The van der Waals surface area contributed by atoms with Crippen LogP contribution < -0.4 is 15.8 Å². The Morgan fingerprint density at radius 1 is 1.41 bits per heavy atom. The second-order valence-electron chi connectivity index (χ2n) is 6.24. The average molecular weight is 331 g/mol. The third-order valence-electron chi connectivity index (χ3n) is 2.95. The van der Waals surface area contributed by atoms with E-state index in [4.69, 9.17) is 14.3 Å². The quantitative estimate of drug-likeness (QED) is 0.729. The Morgan fingerprint density at radius 2 is 2.09 bits per heavy atom. The first-order valence-electron chi connectivity index (χ1n) is 6.89. The van der Waals surface area contributed by atoms with Crippen molar-refractivity contribution < 1.29 is 22.4 Å². The van der Waals surface area contributed by atoms with E-state index in [0.29, 0.717) is 12.3 Å². The zero-order valence-corrected chi connectivity index (χ0v) is 13.6. The van der Waals surface area contributed by atoms with Crippen molar-refractivity contribution in [2.75, 3.05) is 0 Å². The molecule has 22 heavy (non-hydrogen) atoms. The van der Waals surface area contributed by atoms with Crippen LogP contribution in [0.1, 0.15) is 33.0 Å². The lowest BCUT2D eigenvalue weighted by Crippen LogP contribution is -2.36. The smallest absolute Gasteiger partial charge is 0.407 e. The molecule has 1 aromatic heterocycles. The van der Waals surface area contributed by atoms with Gasteiger partial charge in [-0.05, 0) is 39.3 Å². The molecule has 1 heterocycles. The van der Waals surface area contributed by atoms with Gasteiger partial charge in [0.15, 0.2) is 0 Å². The Hall–Kier alpha value is -1.58. The van der Waals surface area contributed by atoms with E-state index in [0.717, 1.165) is 6.42 Å². The van der Waals surface area contributed by atoms with E-state index in [-0.39, 0.29) is 17.2 Å². The van der Waals surface area contributed by atoms with Gasteiger partial charge in [-0.25, -0.2) is 18.4 Å². The summed E-state index contributed by atoms with van der Waals surface area (Å²) in [7, 11) is -3.82. The number of nitrogens with one attached hydrogen (secondary N) is 2. The van der Waals surface area contributed by atoms with Gasteiger partial charge in [0.2, 0.25) is 5.09 Å². The number of primary sulfonamides is 1. The van der Waals surface area contributed by atoms with E-state index >= 15 is 0 Å². The van der Waals surface area contributed by atoms with Crippen molar-refractivity contribution in [1.29, 1.82) is 0 Å². The summed E-state index contributed by atoms with van der Waals surface area (Å²) in [6, 6.07) is 2.97. The lowest BCUT2D eigenvalue weighted by Gasteiger charge is -2.19. The Bertz CT molecular complexity index is 647. The molecule has 0 radical (unpaired) electrons. The fraction of sp³-hybridized carbons (Fsp3) is 0.615. The van der Waals surface area contributed by atoms with E-state index < -0.39 is 21.7 Å². The van der Waals surface area contributed by atoms with Gasteiger partial charge in [-0.1, -0.05) is 0 Å². The summed E-state index contributed by atoms with van der Waals surface area (Å²) in [6.45, 7) is 5.76. The van der Waals surface area contributed by atoms with Crippen molar-refractivity contribution in [1.82, 2.24) is 10.6 Å². The van der Waals surface area contributed by atoms with Crippen molar-refractivity contribution in [2.45, 2.75) is 56.5 Å². The molecule has 124 valence electrons. The summed E-state index contributed by atoms with van der Waals surface area (Å²) in [5, 5.41) is 10.6. The normalized spacial score (nSPS) is 21.5. The van der Waals surface area contributed by atoms with Gasteiger partial charge >= 0.3 is 6.09 Å². The second-order valence-corrected chi connectivity index (χ2v) is 7.73. The summed E-state index contributed by atoms with van der Waals surface area (Å²) in [5.41, 5.74) is -0.528. The zero-order chi connectivity index (χ0) is 16.5. The molecule has 0 saturated heterocycles. The first-order chi connectivity index (χ1) is 10.0. The number of rotatable bonds is 5.